The lowest BCUT2D eigenvalue weighted by molar-refractivity contribution is 0.102. The van der Waals surface area contributed by atoms with Crippen LogP contribution < -0.4 is 10.0 Å². The van der Waals surface area contributed by atoms with Crippen molar-refractivity contribution < 1.29 is 13.2 Å². The minimum absolute atomic E-state index is 0.0356. The Kier molecular flexibility index (Phi) is 7.31. The zero-order chi connectivity index (χ0) is 21.7. The van der Waals surface area contributed by atoms with Gasteiger partial charge >= 0.3 is 0 Å². The van der Waals surface area contributed by atoms with Gasteiger partial charge < -0.3 is 5.32 Å². The third-order valence-electron chi connectivity index (χ3n) is 4.03. The van der Waals surface area contributed by atoms with Crippen molar-refractivity contribution in [1.29, 1.82) is 0 Å². The van der Waals surface area contributed by atoms with Gasteiger partial charge in [0.1, 0.15) is 0 Å². The molecule has 0 saturated heterocycles. The highest BCUT2D eigenvalue weighted by molar-refractivity contribution is 7.99. The smallest absolute Gasteiger partial charge is 0.261 e. The lowest BCUT2D eigenvalue weighted by Crippen LogP contribution is -2.15. The van der Waals surface area contributed by atoms with E-state index in [1.807, 2.05) is 19.1 Å². The highest BCUT2D eigenvalue weighted by Crippen LogP contribution is 2.28. The molecule has 30 heavy (non-hydrogen) atoms. The molecule has 156 valence electrons. The summed E-state index contributed by atoms with van der Waals surface area (Å²) >= 11 is 13.5. The summed E-state index contributed by atoms with van der Waals surface area (Å²) < 4.78 is 27.7. The van der Waals surface area contributed by atoms with Crippen molar-refractivity contribution in [2.24, 2.45) is 0 Å². The second kappa shape index (κ2) is 9.75. The van der Waals surface area contributed by atoms with Crippen molar-refractivity contribution >= 4 is 62.3 Å². The summed E-state index contributed by atoms with van der Waals surface area (Å²) in [5, 5.41) is 3.40. The zero-order valence-electron chi connectivity index (χ0n) is 15.9. The predicted molar refractivity (Wildman–Crippen MR) is 125 cm³/mol. The molecule has 0 aliphatic heterocycles. The monoisotopic (exact) mass is 480 g/mol. The van der Waals surface area contributed by atoms with Crippen LogP contribution in [0.1, 0.15) is 17.3 Å². The minimum Gasteiger partial charge on any atom is -0.322 e. The molecule has 3 aromatic carbocycles. The molecule has 9 heteroatoms. The molecule has 0 saturated carbocycles. The molecule has 3 rings (SSSR count). The predicted octanol–water partition coefficient (Wildman–Crippen LogP) is 6.16. The fraction of sp³-hybridized carbons (Fsp3) is 0.0952. The van der Waals surface area contributed by atoms with E-state index in [0.717, 1.165) is 10.6 Å². The second-order valence-electron chi connectivity index (χ2n) is 6.14. The minimum atomic E-state index is -3.85. The van der Waals surface area contributed by atoms with E-state index in [9.17, 15) is 13.2 Å². The van der Waals surface area contributed by atoms with Crippen LogP contribution in [-0.2, 0) is 10.0 Å². The SMILES string of the molecule is CCSc1ccccc1C(=O)Nc1ccc(S(=O)(=O)Nc2ccc(Cl)cc2Cl)cc1. The van der Waals surface area contributed by atoms with Gasteiger partial charge in [-0.15, -0.1) is 11.8 Å². The molecule has 0 atom stereocenters. The summed E-state index contributed by atoms with van der Waals surface area (Å²) in [6.45, 7) is 2.02. The van der Waals surface area contributed by atoms with Gasteiger partial charge in [-0.25, -0.2) is 8.42 Å². The van der Waals surface area contributed by atoms with Crippen LogP contribution in [0.5, 0.6) is 0 Å². The molecule has 0 spiro atoms. The molecule has 0 bridgehead atoms. The number of halogens is 2. The molecule has 3 aromatic rings. The number of benzene rings is 3. The molecule has 0 aliphatic rings. The standard InChI is InChI=1S/C21H18Cl2N2O3S2/c1-2-29-20-6-4-3-5-17(20)21(26)24-15-8-10-16(11-9-15)30(27,28)25-19-12-7-14(22)13-18(19)23/h3-13,25H,2H2,1H3,(H,24,26). The Bertz CT molecular complexity index is 1170. The lowest BCUT2D eigenvalue weighted by Gasteiger charge is -2.12. The first-order chi connectivity index (χ1) is 14.3. The summed E-state index contributed by atoms with van der Waals surface area (Å²) in [5.74, 6) is 0.592. The maximum atomic E-state index is 12.6. The molecule has 0 heterocycles. The lowest BCUT2D eigenvalue weighted by atomic mass is 10.2. The summed E-state index contributed by atoms with van der Waals surface area (Å²) in [4.78, 5) is 13.5. The maximum absolute atomic E-state index is 12.6. The first kappa shape index (κ1) is 22.5. The van der Waals surface area contributed by atoms with Gasteiger partial charge in [-0.05, 0) is 60.4 Å². The van der Waals surface area contributed by atoms with Gasteiger partial charge in [0.2, 0.25) is 0 Å². The fourth-order valence-electron chi connectivity index (χ4n) is 2.63. The van der Waals surface area contributed by atoms with E-state index >= 15 is 0 Å². The Balaban J connectivity index is 1.75. The van der Waals surface area contributed by atoms with Gasteiger partial charge in [-0.3, -0.25) is 9.52 Å². The molecule has 0 fully saturated rings. The van der Waals surface area contributed by atoms with E-state index in [1.54, 1.807) is 30.0 Å². The summed E-state index contributed by atoms with van der Waals surface area (Å²) in [7, 11) is -3.85. The Hall–Kier alpha value is -2.19. The van der Waals surface area contributed by atoms with E-state index in [1.165, 1.54) is 36.4 Å². The first-order valence-corrected chi connectivity index (χ1v) is 12.1. The third-order valence-corrected chi connectivity index (χ3v) is 6.91. The number of hydrogen-bond acceptors (Lipinski definition) is 4. The van der Waals surface area contributed by atoms with Gasteiger partial charge in [-0.1, -0.05) is 42.3 Å². The zero-order valence-corrected chi connectivity index (χ0v) is 19.0. The Labute approximate surface area is 189 Å². The van der Waals surface area contributed by atoms with Crippen molar-refractivity contribution in [2.75, 3.05) is 15.8 Å². The molecular weight excluding hydrogens is 463 g/mol. The normalized spacial score (nSPS) is 11.2. The van der Waals surface area contributed by atoms with Crippen molar-refractivity contribution in [3.63, 3.8) is 0 Å². The Morgan fingerprint density at radius 2 is 1.70 bits per heavy atom. The number of carbonyl (C=O) groups is 1. The average molecular weight is 481 g/mol. The number of nitrogens with one attached hydrogen (secondary N) is 2. The van der Waals surface area contributed by atoms with Crippen LogP contribution in [0.25, 0.3) is 0 Å². The van der Waals surface area contributed by atoms with Crippen molar-refractivity contribution in [2.45, 2.75) is 16.7 Å². The van der Waals surface area contributed by atoms with Gasteiger partial charge in [0, 0.05) is 15.6 Å². The number of thioether (sulfide) groups is 1. The van der Waals surface area contributed by atoms with E-state index in [-0.39, 0.29) is 21.5 Å². The van der Waals surface area contributed by atoms with E-state index in [4.69, 9.17) is 23.2 Å². The molecule has 2 N–H and O–H groups in total. The number of hydrogen-bond donors (Lipinski definition) is 2. The highest BCUT2D eigenvalue weighted by Gasteiger charge is 2.17. The molecule has 5 nitrogen and oxygen atoms in total. The second-order valence-corrected chi connectivity index (χ2v) is 9.97. The molecule has 0 aromatic heterocycles. The van der Waals surface area contributed by atoms with E-state index in [0.29, 0.717) is 16.3 Å². The average Bonchev–Trinajstić information content (AvgIpc) is 2.71. The molecule has 1 amide bonds. The van der Waals surface area contributed by atoms with E-state index < -0.39 is 10.0 Å². The van der Waals surface area contributed by atoms with E-state index in [2.05, 4.69) is 10.0 Å². The van der Waals surface area contributed by atoms with Crippen LogP contribution in [0.4, 0.5) is 11.4 Å². The van der Waals surface area contributed by atoms with Crippen LogP contribution in [0.2, 0.25) is 10.0 Å². The van der Waals surface area contributed by atoms with Crippen molar-refractivity contribution in [3.8, 4) is 0 Å². The Morgan fingerprint density at radius 1 is 1.00 bits per heavy atom. The van der Waals surface area contributed by atoms with Crippen LogP contribution in [-0.4, -0.2) is 20.1 Å². The van der Waals surface area contributed by atoms with Gasteiger partial charge in [0.15, 0.2) is 0 Å². The van der Waals surface area contributed by atoms with Crippen LogP contribution >= 0.6 is 35.0 Å². The number of sulfonamides is 1. The highest BCUT2D eigenvalue weighted by atomic mass is 35.5. The van der Waals surface area contributed by atoms with Crippen molar-refractivity contribution in [1.82, 2.24) is 0 Å². The largest absolute Gasteiger partial charge is 0.322 e. The van der Waals surface area contributed by atoms with Gasteiger partial charge in [0.05, 0.1) is 21.2 Å². The number of anilines is 2. The summed E-state index contributed by atoms with van der Waals surface area (Å²) in [6, 6.07) is 17.7. The quantitative estimate of drug-likeness (QED) is 0.397. The third kappa shape index (κ3) is 5.49. The molecular formula is C21H18Cl2N2O3S2. The summed E-state index contributed by atoms with van der Waals surface area (Å²) in [6.07, 6.45) is 0. The van der Waals surface area contributed by atoms with Gasteiger partial charge in [-0.2, -0.15) is 0 Å². The molecule has 0 radical (unpaired) electrons. The number of rotatable bonds is 7. The molecule has 0 unspecified atom stereocenters. The maximum Gasteiger partial charge on any atom is 0.261 e. The number of amides is 1. The number of carbonyl (C=O) groups excluding carboxylic acids is 1. The van der Waals surface area contributed by atoms with Gasteiger partial charge in [0.25, 0.3) is 15.9 Å². The van der Waals surface area contributed by atoms with Crippen LogP contribution in [0.15, 0.2) is 76.5 Å². The summed E-state index contributed by atoms with van der Waals surface area (Å²) in [5.41, 5.74) is 1.28. The van der Waals surface area contributed by atoms with Crippen LogP contribution in [0, 0.1) is 0 Å². The Morgan fingerprint density at radius 3 is 2.37 bits per heavy atom. The topological polar surface area (TPSA) is 75.3 Å². The van der Waals surface area contributed by atoms with Crippen molar-refractivity contribution in [3.05, 3.63) is 82.3 Å². The molecule has 0 aliphatic carbocycles. The fourth-order valence-corrected chi connectivity index (χ4v) is 5.02. The first-order valence-electron chi connectivity index (χ1n) is 8.91. The van der Waals surface area contributed by atoms with Crippen LogP contribution in [0.3, 0.4) is 0 Å².